The van der Waals surface area contributed by atoms with Crippen LogP contribution >= 0.6 is 0 Å². The van der Waals surface area contributed by atoms with E-state index in [9.17, 15) is 18.4 Å². The van der Waals surface area contributed by atoms with E-state index in [1.807, 2.05) is 0 Å². The van der Waals surface area contributed by atoms with Crippen LogP contribution < -0.4 is 0 Å². The fraction of sp³-hybridized carbons (Fsp3) is 0.636. The maximum atomic E-state index is 12.4. The molecule has 0 rings (SSSR count). The summed E-state index contributed by atoms with van der Waals surface area (Å²) in [6, 6.07) is 0. The molecular formula is C11H16F2O4. The van der Waals surface area contributed by atoms with Crippen molar-refractivity contribution in [3.8, 4) is 0 Å². The molecule has 0 fully saturated rings. The third-order valence-corrected chi connectivity index (χ3v) is 1.87. The van der Waals surface area contributed by atoms with Gasteiger partial charge in [0.1, 0.15) is 25.2 Å². The Bertz CT molecular complexity index is 285. The number of Topliss-reactive ketones (excluding diaryl/α,β-unsaturated/α-hetero) is 1. The van der Waals surface area contributed by atoms with Crippen molar-refractivity contribution in [2.24, 2.45) is 5.92 Å². The topological polar surface area (TPSA) is 52.6 Å². The summed E-state index contributed by atoms with van der Waals surface area (Å²) in [6.07, 6.45) is 0.888. The predicted molar refractivity (Wildman–Crippen MR) is 56.8 cm³/mol. The molecule has 0 aliphatic rings. The highest BCUT2D eigenvalue weighted by molar-refractivity contribution is 6.18. The Kier molecular flexibility index (Phi) is 7.92. The minimum absolute atomic E-state index is 0.0610. The van der Waals surface area contributed by atoms with E-state index in [0.717, 1.165) is 6.26 Å². The number of carbonyl (C=O) groups is 2. The van der Waals surface area contributed by atoms with E-state index in [1.165, 1.54) is 0 Å². The van der Waals surface area contributed by atoms with Gasteiger partial charge in [0.15, 0.2) is 5.78 Å². The predicted octanol–water partition coefficient (Wildman–Crippen LogP) is 1.59. The molecule has 6 heteroatoms. The lowest BCUT2D eigenvalue weighted by molar-refractivity contribution is -0.140. The number of esters is 1. The number of ketones is 1. The molecule has 4 nitrogen and oxygen atoms in total. The number of hydrogen-bond acceptors (Lipinski definition) is 4. The molecule has 0 atom stereocenters. The minimum atomic E-state index is -1.48. The number of halogens is 2. The van der Waals surface area contributed by atoms with Crippen LogP contribution in [-0.2, 0) is 19.1 Å². The summed E-state index contributed by atoms with van der Waals surface area (Å²) in [4.78, 5) is 23.0. The second-order valence-electron chi connectivity index (χ2n) is 3.08. The van der Waals surface area contributed by atoms with E-state index in [-0.39, 0.29) is 13.2 Å². The molecule has 0 amide bonds. The van der Waals surface area contributed by atoms with E-state index in [4.69, 9.17) is 4.74 Å². The van der Waals surface area contributed by atoms with E-state index < -0.39 is 36.6 Å². The summed E-state index contributed by atoms with van der Waals surface area (Å²) in [7, 11) is 0. The molecule has 17 heavy (non-hydrogen) atoms. The minimum Gasteiger partial charge on any atom is -0.500 e. The molecule has 0 unspecified atom stereocenters. The van der Waals surface area contributed by atoms with Crippen molar-refractivity contribution in [1.29, 1.82) is 0 Å². The third-order valence-electron chi connectivity index (χ3n) is 1.87. The molecule has 0 spiro atoms. The van der Waals surface area contributed by atoms with Gasteiger partial charge in [-0.15, -0.1) is 0 Å². The van der Waals surface area contributed by atoms with Crippen LogP contribution in [0.15, 0.2) is 11.8 Å². The Morgan fingerprint density at radius 3 is 2.18 bits per heavy atom. The Balaban J connectivity index is 4.91. The van der Waals surface area contributed by atoms with Crippen LogP contribution in [-0.4, -0.2) is 38.3 Å². The summed E-state index contributed by atoms with van der Waals surface area (Å²) in [5.74, 6) is -3.36. The van der Waals surface area contributed by atoms with Crippen molar-refractivity contribution in [3.63, 3.8) is 0 Å². The molecule has 98 valence electrons. The van der Waals surface area contributed by atoms with Crippen LogP contribution in [0.5, 0.6) is 0 Å². The fourth-order valence-corrected chi connectivity index (χ4v) is 0.984. The highest BCUT2D eigenvalue weighted by Crippen LogP contribution is 2.11. The average molecular weight is 250 g/mol. The van der Waals surface area contributed by atoms with Crippen molar-refractivity contribution in [3.05, 3.63) is 11.8 Å². The van der Waals surface area contributed by atoms with Gasteiger partial charge in [-0.25, -0.2) is 4.79 Å². The SMILES string of the molecule is CCOC=C(C(=O)OCC)C(=O)C(CF)CF. The fourth-order valence-electron chi connectivity index (χ4n) is 0.984. The van der Waals surface area contributed by atoms with Crippen LogP contribution in [0.25, 0.3) is 0 Å². The third kappa shape index (κ3) is 4.93. The van der Waals surface area contributed by atoms with Gasteiger partial charge in [-0.3, -0.25) is 13.6 Å². The first-order chi connectivity index (χ1) is 8.12. The molecule has 0 N–H and O–H groups in total. The summed E-state index contributed by atoms with van der Waals surface area (Å²) in [6.45, 7) is 1.15. The summed E-state index contributed by atoms with van der Waals surface area (Å²) in [5.41, 5.74) is -0.464. The monoisotopic (exact) mass is 250 g/mol. The number of rotatable bonds is 8. The Morgan fingerprint density at radius 1 is 1.18 bits per heavy atom. The van der Waals surface area contributed by atoms with E-state index in [0.29, 0.717) is 0 Å². The second kappa shape index (κ2) is 8.66. The lowest BCUT2D eigenvalue weighted by Gasteiger charge is -2.10. The average Bonchev–Trinajstić information content (AvgIpc) is 2.31. The Labute approximate surface area is 98.6 Å². The highest BCUT2D eigenvalue weighted by Gasteiger charge is 2.28. The van der Waals surface area contributed by atoms with Crippen molar-refractivity contribution >= 4 is 11.8 Å². The van der Waals surface area contributed by atoms with Crippen molar-refractivity contribution in [2.45, 2.75) is 13.8 Å². The smallest absolute Gasteiger partial charge is 0.344 e. The van der Waals surface area contributed by atoms with Gasteiger partial charge in [0, 0.05) is 0 Å². The molecule has 0 aromatic carbocycles. The van der Waals surface area contributed by atoms with Crippen LogP contribution in [0, 0.1) is 5.92 Å². The Morgan fingerprint density at radius 2 is 1.76 bits per heavy atom. The van der Waals surface area contributed by atoms with Crippen LogP contribution in [0.3, 0.4) is 0 Å². The van der Waals surface area contributed by atoms with E-state index >= 15 is 0 Å². The molecule has 0 bridgehead atoms. The molecule has 0 aliphatic carbocycles. The zero-order valence-electron chi connectivity index (χ0n) is 9.87. The summed E-state index contributed by atoms with van der Waals surface area (Å²) in [5, 5.41) is 0. The first-order valence-electron chi connectivity index (χ1n) is 5.27. The molecule has 0 saturated carbocycles. The zero-order valence-corrected chi connectivity index (χ0v) is 9.87. The molecular weight excluding hydrogens is 234 g/mol. The second-order valence-corrected chi connectivity index (χ2v) is 3.08. The molecule has 0 aromatic heterocycles. The lowest BCUT2D eigenvalue weighted by Crippen LogP contribution is -2.26. The zero-order chi connectivity index (χ0) is 13.3. The molecule has 0 aliphatic heterocycles. The van der Waals surface area contributed by atoms with Gasteiger partial charge in [-0.05, 0) is 13.8 Å². The van der Waals surface area contributed by atoms with Gasteiger partial charge in [0.25, 0.3) is 0 Å². The standard InChI is InChI=1S/C11H16F2O4/c1-3-16-7-9(11(15)17-4-2)10(14)8(5-12)6-13/h7-8H,3-6H2,1-2H3. The number of alkyl halides is 2. The van der Waals surface area contributed by atoms with Crippen molar-refractivity contribution in [2.75, 3.05) is 26.6 Å². The van der Waals surface area contributed by atoms with Gasteiger partial charge < -0.3 is 9.47 Å². The molecule has 0 aromatic rings. The van der Waals surface area contributed by atoms with Crippen molar-refractivity contribution in [1.82, 2.24) is 0 Å². The molecule has 0 radical (unpaired) electrons. The first kappa shape index (κ1) is 15.5. The normalized spacial score (nSPS) is 11.5. The number of hydrogen-bond donors (Lipinski definition) is 0. The quantitative estimate of drug-likeness (QED) is 0.216. The lowest BCUT2D eigenvalue weighted by atomic mass is 10.0. The molecule has 0 saturated heterocycles. The summed E-state index contributed by atoms with van der Waals surface area (Å²) < 4.78 is 34.1. The van der Waals surface area contributed by atoms with Crippen LogP contribution in [0.2, 0.25) is 0 Å². The maximum Gasteiger partial charge on any atom is 0.344 e. The van der Waals surface area contributed by atoms with Gasteiger partial charge in [-0.2, -0.15) is 0 Å². The van der Waals surface area contributed by atoms with Gasteiger partial charge in [-0.1, -0.05) is 0 Å². The Hall–Kier alpha value is -1.46. The van der Waals surface area contributed by atoms with Gasteiger partial charge in [0.2, 0.25) is 0 Å². The van der Waals surface area contributed by atoms with Gasteiger partial charge >= 0.3 is 5.97 Å². The first-order valence-corrected chi connectivity index (χ1v) is 5.27. The largest absolute Gasteiger partial charge is 0.500 e. The maximum absolute atomic E-state index is 12.4. The summed E-state index contributed by atoms with van der Waals surface area (Å²) >= 11 is 0. The van der Waals surface area contributed by atoms with Crippen molar-refractivity contribution < 1.29 is 27.8 Å². The highest BCUT2D eigenvalue weighted by atomic mass is 19.1. The van der Waals surface area contributed by atoms with Crippen LogP contribution in [0.4, 0.5) is 8.78 Å². The number of ether oxygens (including phenoxy) is 2. The van der Waals surface area contributed by atoms with Gasteiger partial charge in [0.05, 0.1) is 19.1 Å². The molecule has 0 heterocycles. The van der Waals surface area contributed by atoms with Crippen LogP contribution in [0.1, 0.15) is 13.8 Å². The number of carbonyl (C=O) groups excluding carboxylic acids is 2. The van der Waals surface area contributed by atoms with E-state index in [2.05, 4.69) is 4.74 Å². The van der Waals surface area contributed by atoms with E-state index in [1.54, 1.807) is 13.8 Å².